The highest BCUT2D eigenvalue weighted by Gasteiger charge is 2.21. The van der Waals surface area contributed by atoms with Gasteiger partial charge in [0.05, 0.1) is 0 Å². The van der Waals surface area contributed by atoms with Gasteiger partial charge in [-0.15, -0.1) is 0 Å². The summed E-state index contributed by atoms with van der Waals surface area (Å²) in [6, 6.07) is 2.14. The molecule has 3 rings (SSSR count). The number of hydrogen-bond acceptors (Lipinski definition) is 5. The highest BCUT2D eigenvalue weighted by molar-refractivity contribution is 7.80. The molecule has 0 spiro atoms. The summed E-state index contributed by atoms with van der Waals surface area (Å²) in [4.78, 5) is 14.2. The van der Waals surface area contributed by atoms with Crippen LogP contribution < -0.4 is 20.4 Å². The minimum atomic E-state index is 0.578. The van der Waals surface area contributed by atoms with Gasteiger partial charge in [-0.25, -0.2) is 0 Å². The quantitative estimate of drug-likeness (QED) is 0.811. The van der Waals surface area contributed by atoms with E-state index in [-0.39, 0.29) is 0 Å². The summed E-state index contributed by atoms with van der Waals surface area (Å²) >= 11 is 5.30. The van der Waals surface area contributed by atoms with Crippen LogP contribution in [0.5, 0.6) is 0 Å². The first-order valence-corrected chi connectivity index (χ1v) is 9.50. The lowest BCUT2D eigenvalue weighted by Gasteiger charge is -2.32. The Morgan fingerprint density at radius 1 is 1.17 bits per heavy atom. The van der Waals surface area contributed by atoms with E-state index in [1.807, 2.05) is 6.92 Å². The minimum Gasteiger partial charge on any atom is -0.363 e. The molecule has 2 N–H and O–H groups in total. The molecule has 0 amide bonds. The highest BCUT2D eigenvalue weighted by atomic mass is 32.1. The highest BCUT2D eigenvalue weighted by Crippen LogP contribution is 2.27. The van der Waals surface area contributed by atoms with E-state index in [1.165, 1.54) is 25.7 Å². The Bertz CT molecular complexity index is 572. The molecule has 0 bridgehead atoms. The maximum Gasteiger partial charge on any atom is 0.232 e. The van der Waals surface area contributed by atoms with Crippen LogP contribution in [0.3, 0.4) is 0 Å². The fourth-order valence-electron chi connectivity index (χ4n) is 3.45. The summed E-state index contributed by atoms with van der Waals surface area (Å²) in [5, 5.41) is 6.82. The minimum absolute atomic E-state index is 0.578. The number of piperidine rings is 1. The second-order valence-electron chi connectivity index (χ2n) is 6.78. The van der Waals surface area contributed by atoms with Crippen LogP contribution in [0.4, 0.5) is 17.6 Å². The number of nitrogens with zero attached hydrogens (tertiary/aromatic N) is 4. The molecule has 6 nitrogen and oxygen atoms in total. The Kier molecular flexibility index (Phi) is 5.71. The van der Waals surface area contributed by atoms with Crippen molar-refractivity contribution in [2.45, 2.75) is 39.5 Å². The van der Waals surface area contributed by atoms with Gasteiger partial charge in [0.2, 0.25) is 5.95 Å². The molecule has 1 aromatic heterocycles. The molecule has 24 heavy (non-hydrogen) atoms. The summed E-state index contributed by atoms with van der Waals surface area (Å²) in [5.74, 6) is 3.33. The fraction of sp³-hybridized carbons (Fsp3) is 0.706. The third-order valence-corrected chi connectivity index (χ3v) is 4.92. The van der Waals surface area contributed by atoms with Crippen molar-refractivity contribution in [3.63, 3.8) is 0 Å². The zero-order valence-corrected chi connectivity index (χ0v) is 15.5. The van der Waals surface area contributed by atoms with E-state index in [1.54, 1.807) is 0 Å². The van der Waals surface area contributed by atoms with Gasteiger partial charge < -0.3 is 20.4 Å². The van der Waals surface area contributed by atoms with Gasteiger partial charge in [0, 0.05) is 38.8 Å². The molecule has 0 unspecified atom stereocenters. The van der Waals surface area contributed by atoms with Crippen molar-refractivity contribution in [1.29, 1.82) is 0 Å². The van der Waals surface area contributed by atoms with E-state index < -0.39 is 0 Å². The van der Waals surface area contributed by atoms with Crippen molar-refractivity contribution >= 4 is 34.9 Å². The number of nitrogens with one attached hydrogen (secondary N) is 2. The first-order valence-electron chi connectivity index (χ1n) is 9.09. The van der Waals surface area contributed by atoms with Crippen LogP contribution in [0, 0.1) is 5.92 Å². The molecule has 2 saturated heterocycles. The summed E-state index contributed by atoms with van der Waals surface area (Å²) in [5.41, 5.74) is 0. The van der Waals surface area contributed by atoms with Crippen LogP contribution in [0.15, 0.2) is 6.07 Å². The van der Waals surface area contributed by atoms with Crippen molar-refractivity contribution in [1.82, 2.24) is 15.3 Å². The lowest BCUT2D eigenvalue weighted by atomic mass is 10.0. The Morgan fingerprint density at radius 2 is 1.83 bits per heavy atom. The average Bonchev–Trinajstić information content (AvgIpc) is 3.09. The second-order valence-corrected chi connectivity index (χ2v) is 7.19. The Labute approximate surface area is 150 Å². The third-order valence-electron chi connectivity index (χ3n) is 4.67. The van der Waals surface area contributed by atoms with E-state index >= 15 is 0 Å². The molecule has 132 valence electrons. The zero-order chi connectivity index (χ0) is 16.9. The molecule has 2 fully saturated rings. The molecule has 1 aromatic rings. The van der Waals surface area contributed by atoms with E-state index in [0.29, 0.717) is 17.0 Å². The van der Waals surface area contributed by atoms with Gasteiger partial charge in [0.25, 0.3) is 0 Å². The molecule has 0 aliphatic carbocycles. The van der Waals surface area contributed by atoms with Gasteiger partial charge in [0.15, 0.2) is 5.11 Å². The molecule has 7 heteroatoms. The van der Waals surface area contributed by atoms with Gasteiger partial charge in [-0.1, -0.05) is 6.92 Å². The van der Waals surface area contributed by atoms with Crippen molar-refractivity contribution in [2.24, 2.45) is 5.92 Å². The topological polar surface area (TPSA) is 56.3 Å². The van der Waals surface area contributed by atoms with Crippen LogP contribution >= 0.6 is 12.2 Å². The second kappa shape index (κ2) is 7.96. The lowest BCUT2D eigenvalue weighted by Crippen LogP contribution is -2.35. The molecule has 2 aliphatic heterocycles. The number of aromatic nitrogens is 2. The summed E-state index contributed by atoms with van der Waals surface area (Å²) in [7, 11) is 0. The standard InChI is InChI=1S/C17H28N6S/c1-3-18-17(24)21-16-19-14(22-8-4-5-9-22)11-15(20-16)23-10-6-7-13(2)12-23/h11,13H,3-10,12H2,1-2H3,(H2,18,19,20,21,24)/t13-/m1/s1. The smallest absolute Gasteiger partial charge is 0.232 e. The molecule has 0 aromatic carbocycles. The maximum atomic E-state index is 5.30. The van der Waals surface area contributed by atoms with Gasteiger partial charge in [-0.3, -0.25) is 0 Å². The summed E-state index contributed by atoms with van der Waals surface area (Å²) in [6.45, 7) is 9.40. The largest absolute Gasteiger partial charge is 0.363 e. The molecular formula is C17H28N6S. The SMILES string of the molecule is CCNC(=S)Nc1nc(N2CCCC2)cc(N2CCC[C@@H](C)C2)n1. The predicted octanol–water partition coefficient (Wildman–Crippen LogP) is 2.62. The first-order chi connectivity index (χ1) is 11.7. The van der Waals surface area contributed by atoms with E-state index in [9.17, 15) is 0 Å². The maximum absolute atomic E-state index is 5.30. The lowest BCUT2D eigenvalue weighted by molar-refractivity contribution is 0.444. The van der Waals surface area contributed by atoms with Crippen molar-refractivity contribution in [3.8, 4) is 0 Å². The summed E-state index contributed by atoms with van der Waals surface area (Å²) < 4.78 is 0. The van der Waals surface area contributed by atoms with Crippen LogP contribution in [0.1, 0.15) is 39.5 Å². The van der Waals surface area contributed by atoms with Crippen molar-refractivity contribution < 1.29 is 0 Å². The molecule has 0 saturated carbocycles. The molecule has 2 aliphatic rings. The van der Waals surface area contributed by atoms with Gasteiger partial charge in [0.1, 0.15) is 11.6 Å². The van der Waals surface area contributed by atoms with Gasteiger partial charge in [-0.05, 0) is 50.7 Å². The van der Waals surface area contributed by atoms with Crippen molar-refractivity contribution in [3.05, 3.63) is 6.07 Å². The number of rotatable bonds is 4. The predicted molar refractivity (Wildman–Crippen MR) is 104 cm³/mol. The third kappa shape index (κ3) is 4.26. The molecule has 0 radical (unpaired) electrons. The van der Waals surface area contributed by atoms with Gasteiger partial charge in [-0.2, -0.15) is 9.97 Å². The van der Waals surface area contributed by atoms with Crippen LogP contribution in [-0.4, -0.2) is 47.8 Å². The molecule has 3 heterocycles. The Morgan fingerprint density at radius 3 is 2.50 bits per heavy atom. The summed E-state index contributed by atoms with van der Waals surface area (Å²) in [6.07, 6.45) is 5.00. The number of thiocarbonyl (C=S) groups is 1. The van der Waals surface area contributed by atoms with E-state index in [0.717, 1.165) is 44.4 Å². The molecular weight excluding hydrogens is 320 g/mol. The van der Waals surface area contributed by atoms with Crippen LogP contribution in [-0.2, 0) is 0 Å². The van der Waals surface area contributed by atoms with Gasteiger partial charge >= 0.3 is 0 Å². The zero-order valence-electron chi connectivity index (χ0n) is 14.7. The Hall–Kier alpha value is -1.63. The first kappa shape index (κ1) is 17.2. The van der Waals surface area contributed by atoms with E-state index in [2.05, 4.69) is 33.4 Å². The van der Waals surface area contributed by atoms with E-state index in [4.69, 9.17) is 22.2 Å². The van der Waals surface area contributed by atoms with Crippen LogP contribution in [0.25, 0.3) is 0 Å². The number of hydrogen-bond donors (Lipinski definition) is 2. The fourth-order valence-corrected chi connectivity index (χ4v) is 3.69. The van der Waals surface area contributed by atoms with Crippen LogP contribution in [0.2, 0.25) is 0 Å². The average molecular weight is 349 g/mol. The monoisotopic (exact) mass is 348 g/mol. The van der Waals surface area contributed by atoms with Crippen molar-refractivity contribution in [2.75, 3.05) is 47.8 Å². The Balaban J connectivity index is 1.85. The molecule has 1 atom stereocenters. The number of anilines is 3. The normalized spacial score (nSPS) is 21.0.